The standard InChI is InChI=1S/C22H28N4S.CH2O2/c1-16-20(17(2)25(4)24-16)14-26-12-10-22(11-13-26,19-8-6-5-7-9-19)21-15-27-18(3)23-21;2-1-3/h5-9,15H,10-14H2,1-4H3;1H,(H,2,3). The molecule has 0 atom stereocenters. The molecule has 3 heterocycles. The highest BCUT2D eigenvalue weighted by atomic mass is 32.1. The molecule has 3 aromatic rings. The van der Waals surface area contributed by atoms with Crippen LogP contribution in [0.5, 0.6) is 0 Å². The van der Waals surface area contributed by atoms with Crippen LogP contribution in [0.3, 0.4) is 0 Å². The SMILES string of the molecule is Cc1nc(C2(c3ccccc3)CCN(Cc3c(C)nn(C)c3C)CC2)cs1.O=CO. The normalized spacial score (nSPS) is 16.0. The Bertz CT molecular complexity index is 973. The maximum absolute atomic E-state index is 8.36. The third kappa shape index (κ3) is 4.47. The average molecular weight is 427 g/mol. The monoisotopic (exact) mass is 426 g/mol. The average Bonchev–Trinajstić information content (AvgIpc) is 3.29. The van der Waals surface area contributed by atoms with Crippen LogP contribution in [-0.2, 0) is 23.8 Å². The molecule has 4 rings (SSSR count). The van der Waals surface area contributed by atoms with E-state index in [-0.39, 0.29) is 11.9 Å². The fraction of sp³-hybridized carbons (Fsp3) is 0.435. The molecule has 1 aromatic carbocycles. The molecule has 0 amide bonds. The Balaban J connectivity index is 0.000000806. The molecule has 0 unspecified atom stereocenters. The first kappa shape index (κ1) is 22.2. The molecule has 6 nitrogen and oxygen atoms in total. The van der Waals surface area contributed by atoms with Crippen molar-refractivity contribution in [3.8, 4) is 0 Å². The van der Waals surface area contributed by atoms with Gasteiger partial charge in [0, 0.05) is 35.6 Å². The van der Waals surface area contributed by atoms with Crippen LogP contribution in [-0.4, -0.2) is 44.3 Å². The van der Waals surface area contributed by atoms with Crippen molar-refractivity contribution < 1.29 is 9.90 Å². The Kier molecular flexibility index (Phi) is 7.05. The van der Waals surface area contributed by atoms with Crippen molar-refractivity contribution in [2.45, 2.75) is 45.6 Å². The summed E-state index contributed by atoms with van der Waals surface area (Å²) in [5.74, 6) is 0. The first-order chi connectivity index (χ1) is 14.4. The summed E-state index contributed by atoms with van der Waals surface area (Å²) in [7, 11) is 2.03. The summed E-state index contributed by atoms with van der Waals surface area (Å²) in [5, 5.41) is 14.9. The van der Waals surface area contributed by atoms with Gasteiger partial charge in [0.25, 0.3) is 6.47 Å². The lowest BCUT2D eigenvalue weighted by Gasteiger charge is -2.41. The molecule has 1 aliphatic heterocycles. The van der Waals surface area contributed by atoms with E-state index in [9.17, 15) is 0 Å². The lowest BCUT2D eigenvalue weighted by Crippen LogP contribution is -2.43. The van der Waals surface area contributed by atoms with E-state index in [1.807, 2.05) is 11.7 Å². The van der Waals surface area contributed by atoms with Crippen LogP contribution in [0, 0.1) is 20.8 Å². The number of hydrogen-bond donors (Lipinski definition) is 1. The van der Waals surface area contributed by atoms with Crippen molar-refractivity contribution in [2.75, 3.05) is 13.1 Å². The molecule has 1 aliphatic rings. The van der Waals surface area contributed by atoms with E-state index in [4.69, 9.17) is 14.9 Å². The fourth-order valence-electron chi connectivity index (χ4n) is 4.40. The minimum atomic E-state index is -0.250. The Labute approximate surface area is 182 Å². The number of hydrogen-bond acceptors (Lipinski definition) is 5. The third-order valence-corrected chi connectivity index (χ3v) is 6.96. The van der Waals surface area contributed by atoms with E-state index < -0.39 is 0 Å². The summed E-state index contributed by atoms with van der Waals surface area (Å²) in [6.45, 7) is 9.31. The fourth-order valence-corrected chi connectivity index (χ4v) is 5.11. The smallest absolute Gasteiger partial charge is 0.290 e. The molecule has 30 heavy (non-hydrogen) atoms. The molecular weight excluding hydrogens is 396 g/mol. The quantitative estimate of drug-likeness (QED) is 0.637. The van der Waals surface area contributed by atoms with Crippen molar-refractivity contribution in [2.24, 2.45) is 7.05 Å². The van der Waals surface area contributed by atoms with Gasteiger partial charge in [0.2, 0.25) is 0 Å². The molecule has 0 spiro atoms. The second-order valence-corrected chi connectivity index (χ2v) is 8.92. The van der Waals surface area contributed by atoms with E-state index in [1.54, 1.807) is 11.3 Å². The first-order valence-electron chi connectivity index (χ1n) is 10.2. The number of benzene rings is 1. The van der Waals surface area contributed by atoms with Crippen LogP contribution in [0.2, 0.25) is 0 Å². The van der Waals surface area contributed by atoms with Gasteiger partial charge < -0.3 is 5.11 Å². The number of aryl methyl sites for hydroxylation is 3. The summed E-state index contributed by atoms with van der Waals surface area (Å²) in [6, 6.07) is 11.0. The zero-order valence-electron chi connectivity index (χ0n) is 18.1. The van der Waals surface area contributed by atoms with Gasteiger partial charge in [-0.2, -0.15) is 5.10 Å². The zero-order valence-corrected chi connectivity index (χ0v) is 18.9. The molecule has 0 radical (unpaired) electrons. The number of aromatic nitrogens is 3. The van der Waals surface area contributed by atoms with Gasteiger partial charge >= 0.3 is 0 Å². The molecule has 1 N–H and O–H groups in total. The lowest BCUT2D eigenvalue weighted by atomic mass is 9.70. The van der Waals surface area contributed by atoms with E-state index in [0.29, 0.717) is 0 Å². The van der Waals surface area contributed by atoms with Crippen LogP contribution in [0.25, 0.3) is 0 Å². The summed E-state index contributed by atoms with van der Waals surface area (Å²) in [6.07, 6.45) is 2.22. The summed E-state index contributed by atoms with van der Waals surface area (Å²) in [4.78, 5) is 15.9. The van der Waals surface area contributed by atoms with Crippen molar-refractivity contribution >= 4 is 17.8 Å². The Morgan fingerprint density at radius 3 is 2.30 bits per heavy atom. The second-order valence-electron chi connectivity index (χ2n) is 7.85. The predicted octanol–water partition coefficient (Wildman–Crippen LogP) is 4.08. The van der Waals surface area contributed by atoms with Gasteiger partial charge in [0.05, 0.1) is 16.4 Å². The maximum Gasteiger partial charge on any atom is 0.290 e. The minimum absolute atomic E-state index is 0.0432. The van der Waals surface area contributed by atoms with Gasteiger partial charge in [-0.1, -0.05) is 30.3 Å². The molecule has 160 valence electrons. The van der Waals surface area contributed by atoms with E-state index in [2.05, 4.69) is 66.5 Å². The largest absolute Gasteiger partial charge is 0.483 e. The molecule has 7 heteroatoms. The predicted molar refractivity (Wildman–Crippen MR) is 120 cm³/mol. The zero-order chi connectivity index (χ0) is 21.7. The highest BCUT2D eigenvalue weighted by Gasteiger charge is 2.39. The number of carboxylic acid groups (broad SMARTS) is 1. The molecule has 1 fully saturated rings. The third-order valence-electron chi connectivity index (χ3n) is 6.19. The number of carbonyl (C=O) groups is 1. The summed E-state index contributed by atoms with van der Waals surface area (Å²) in [5.41, 5.74) is 6.52. The lowest BCUT2D eigenvalue weighted by molar-refractivity contribution is -0.122. The Morgan fingerprint density at radius 1 is 1.17 bits per heavy atom. The van der Waals surface area contributed by atoms with Crippen LogP contribution >= 0.6 is 11.3 Å². The van der Waals surface area contributed by atoms with E-state index in [1.165, 1.54) is 22.5 Å². The van der Waals surface area contributed by atoms with Gasteiger partial charge in [0.15, 0.2) is 0 Å². The van der Waals surface area contributed by atoms with E-state index in [0.717, 1.165) is 43.2 Å². The highest BCUT2D eigenvalue weighted by Crippen LogP contribution is 2.42. The summed E-state index contributed by atoms with van der Waals surface area (Å²) < 4.78 is 2.00. The molecule has 0 saturated carbocycles. The second kappa shape index (κ2) is 9.53. The molecule has 0 aliphatic carbocycles. The van der Waals surface area contributed by atoms with Crippen molar-refractivity contribution in [1.82, 2.24) is 19.7 Å². The van der Waals surface area contributed by atoms with Gasteiger partial charge in [-0.05, 0) is 52.3 Å². The number of likely N-dealkylation sites (tertiary alicyclic amines) is 1. The Hall–Kier alpha value is -2.51. The highest BCUT2D eigenvalue weighted by molar-refractivity contribution is 7.09. The molecule has 0 bridgehead atoms. The van der Waals surface area contributed by atoms with Crippen LogP contribution in [0.4, 0.5) is 0 Å². The molecule has 2 aromatic heterocycles. The number of thiazole rings is 1. The van der Waals surface area contributed by atoms with Crippen LogP contribution < -0.4 is 0 Å². The maximum atomic E-state index is 8.36. The van der Waals surface area contributed by atoms with Gasteiger partial charge in [-0.3, -0.25) is 14.4 Å². The molecule has 1 saturated heterocycles. The number of rotatable bonds is 4. The first-order valence-corrected chi connectivity index (χ1v) is 11.1. The van der Waals surface area contributed by atoms with Crippen molar-refractivity contribution in [3.05, 3.63) is 68.9 Å². The van der Waals surface area contributed by atoms with Gasteiger partial charge in [-0.25, -0.2) is 4.98 Å². The van der Waals surface area contributed by atoms with Crippen molar-refractivity contribution in [3.63, 3.8) is 0 Å². The van der Waals surface area contributed by atoms with Crippen LogP contribution in [0.1, 0.15) is 46.1 Å². The minimum Gasteiger partial charge on any atom is -0.483 e. The van der Waals surface area contributed by atoms with Gasteiger partial charge in [0.1, 0.15) is 0 Å². The van der Waals surface area contributed by atoms with Crippen molar-refractivity contribution in [1.29, 1.82) is 0 Å². The Morgan fingerprint density at radius 2 is 1.80 bits per heavy atom. The summed E-state index contributed by atoms with van der Waals surface area (Å²) >= 11 is 1.77. The van der Waals surface area contributed by atoms with Gasteiger partial charge in [-0.15, -0.1) is 11.3 Å². The molecular formula is C23H30N4O2S. The number of nitrogens with zero attached hydrogens (tertiary/aromatic N) is 4. The van der Waals surface area contributed by atoms with Crippen LogP contribution in [0.15, 0.2) is 35.7 Å². The number of piperidine rings is 1. The topological polar surface area (TPSA) is 71.2 Å². The van der Waals surface area contributed by atoms with E-state index >= 15 is 0 Å².